The third kappa shape index (κ3) is 4.07. The number of fused-ring (bicyclic) bond motifs is 12. The lowest BCUT2D eigenvalue weighted by molar-refractivity contribution is -0.602. The first kappa shape index (κ1) is 28.7. The molecule has 49 heavy (non-hydrogen) atoms. The van der Waals surface area contributed by atoms with E-state index in [9.17, 15) is 0 Å². The van der Waals surface area contributed by atoms with Crippen LogP contribution in [0.15, 0.2) is 128 Å². The number of hydrogen-bond acceptors (Lipinski definition) is 0. The van der Waals surface area contributed by atoms with Gasteiger partial charge >= 0.3 is 0 Å². The first-order chi connectivity index (χ1) is 23.7. The van der Waals surface area contributed by atoms with Crippen LogP contribution in [-0.4, -0.2) is 0 Å². The van der Waals surface area contributed by atoms with Crippen molar-refractivity contribution < 1.29 is 9.13 Å². The van der Waals surface area contributed by atoms with E-state index in [4.69, 9.17) is 0 Å². The van der Waals surface area contributed by atoms with Gasteiger partial charge in [0.25, 0.3) is 11.4 Å². The molecule has 3 aliphatic rings. The van der Waals surface area contributed by atoms with Gasteiger partial charge in [0.2, 0.25) is 11.4 Å². The topological polar surface area (TPSA) is 7.76 Å². The fraction of sp³-hybridized carbons (Fsp3) is 0.191. The summed E-state index contributed by atoms with van der Waals surface area (Å²) in [5.74, 6) is 0. The van der Waals surface area contributed by atoms with Crippen LogP contribution in [0.5, 0.6) is 0 Å². The lowest BCUT2D eigenvalue weighted by Crippen LogP contribution is -2.47. The molecule has 4 heterocycles. The van der Waals surface area contributed by atoms with Gasteiger partial charge in [-0.2, -0.15) is 9.13 Å². The Kier molecular flexibility index (Phi) is 5.76. The van der Waals surface area contributed by atoms with E-state index in [1.54, 1.807) is 0 Å². The third-order valence-corrected chi connectivity index (χ3v) is 11.6. The molecule has 1 aliphatic carbocycles. The van der Waals surface area contributed by atoms with Gasteiger partial charge in [0.1, 0.15) is 0 Å². The van der Waals surface area contributed by atoms with E-state index >= 15 is 0 Å². The highest BCUT2D eigenvalue weighted by Gasteiger charge is 2.42. The van der Waals surface area contributed by atoms with Crippen LogP contribution in [0.25, 0.3) is 66.6 Å². The quantitative estimate of drug-likeness (QED) is 0.116. The van der Waals surface area contributed by atoms with Crippen LogP contribution in [0.4, 0.5) is 0 Å². The molecule has 10 rings (SSSR count). The van der Waals surface area contributed by atoms with Crippen LogP contribution in [0.1, 0.15) is 62.4 Å². The average Bonchev–Trinajstić information content (AvgIpc) is 3.34. The Morgan fingerprint density at radius 3 is 2.08 bits per heavy atom. The summed E-state index contributed by atoms with van der Waals surface area (Å²) in [5.41, 5.74) is 17.7. The fourth-order valence-electron chi connectivity index (χ4n) is 8.96. The Morgan fingerprint density at radius 2 is 1.22 bits per heavy atom. The Morgan fingerprint density at radius 1 is 0.531 bits per heavy atom. The summed E-state index contributed by atoms with van der Waals surface area (Å²) in [5, 5.41) is 5.24. The zero-order valence-corrected chi connectivity index (χ0v) is 28.9. The molecule has 5 aromatic carbocycles. The second kappa shape index (κ2) is 9.86. The standard InChI is InChI=1S/C47H40N2/c1-46(2,3)33-19-20-43-38-27-41-39(35-14-8-9-15-40(35)47(41,4)5)24-32(38)26-45(49(43)28-33)44-25-31-23-36-30(18-17-29-12-6-7-13-34(29)36)22-37(31)42-16-10-11-21-48(42)44/h6-24,27-28H,25-26H2,1-5H3/q+2/b45-44+. The molecule has 236 valence electrons. The van der Waals surface area contributed by atoms with Crippen LogP contribution in [0.3, 0.4) is 0 Å². The molecule has 7 aromatic rings. The van der Waals surface area contributed by atoms with Crippen LogP contribution in [0, 0.1) is 0 Å². The van der Waals surface area contributed by atoms with Crippen molar-refractivity contribution >= 4 is 32.9 Å². The van der Waals surface area contributed by atoms with Gasteiger partial charge in [-0.1, -0.05) is 95.3 Å². The summed E-state index contributed by atoms with van der Waals surface area (Å²) >= 11 is 0. The van der Waals surface area contributed by atoms with Gasteiger partial charge in [0, 0.05) is 29.2 Å². The number of rotatable bonds is 0. The highest BCUT2D eigenvalue weighted by atomic mass is 15.1. The highest BCUT2D eigenvalue weighted by molar-refractivity contribution is 6.09. The lowest BCUT2D eigenvalue weighted by Gasteiger charge is -2.25. The van der Waals surface area contributed by atoms with E-state index in [-0.39, 0.29) is 10.8 Å². The van der Waals surface area contributed by atoms with E-state index in [0.717, 1.165) is 12.8 Å². The molecule has 0 saturated heterocycles. The normalized spacial score (nSPS) is 16.8. The van der Waals surface area contributed by atoms with Crippen LogP contribution < -0.4 is 9.13 Å². The summed E-state index contributed by atoms with van der Waals surface area (Å²) in [6, 6.07) is 43.7. The first-order valence-corrected chi connectivity index (χ1v) is 17.7. The van der Waals surface area contributed by atoms with Crippen molar-refractivity contribution in [1.29, 1.82) is 0 Å². The van der Waals surface area contributed by atoms with Gasteiger partial charge in [-0.25, -0.2) is 0 Å². The molecule has 0 fully saturated rings. The van der Waals surface area contributed by atoms with Gasteiger partial charge in [0.15, 0.2) is 12.4 Å². The molecule has 0 amide bonds. The number of allylic oxidation sites excluding steroid dienone is 2. The SMILES string of the molecule is CC(C)(C)c1ccc2[n+](c1)/C(=C1\Cc3cc4c(ccc5ccccc54)cc3-c3cccc[n+]31)Cc1cc3c(cc1-2)C(C)(C)c1ccccc1-3. The zero-order valence-electron chi connectivity index (χ0n) is 28.9. The van der Waals surface area contributed by atoms with Crippen molar-refractivity contribution in [3.63, 3.8) is 0 Å². The number of hydrogen-bond donors (Lipinski definition) is 0. The van der Waals surface area contributed by atoms with E-state index in [0.29, 0.717) is 0 Å². The minimum absolute atomic E-state index is 0.0316. The van der Waals surface area contributed by atoms with Crippen LogP contribution >= 0.6 is 0 Å². The number of benzene rings is 5. The fourth-order valence-corrected chi connectivity index (χ4v) is 8.96. The van der Waals surface area contributed by atoms with Crippen molar-refractivity contribution in [3.05, 3.63) is 155 Å². The average molecular weight is 633 g/mol. The maximum absolute atomic E-state index is 2.55. The molecule has 0 saturated carbocycles. The highest BCUT2D eigenvalue weighted by Crippen LogP contribution is 2.51. The maximum atomic E-state index is 2.55. The summed E-state index contributed by atoms with van der Waals surface area (Å²) in [7, 11) is 0. The van der Waals surface area contributed by atoms with E-state index in [1.165, 1.54) is 94.4 Å². The molecule has 2 heteroatoms. The smallest absolute Gasteiger partial charge is 0.158 e. The predicted molar refractivity (Wildman–Crippen MR) is 202 cm³/mol. The molecule has 0 atom stereocenters. The minimum Gasteiger partial charge on any atom is -0.158 e. The molecule has 0 unspecified atom stereocenters. The Hall–Kier alpha value is -5.34. The number of aromatic nitrogens is 2. The molecule has 0 spiro atoms. The number of nitrogens with zero attached hydrogens (tertiary/aromatic N) is 2. The monoisotopic (exact) mass is 632 g/mol. The second-order valence-corrected chi connectivity index (χ2v) is 15.9. The van der Waals surface area contributed by atoms with Gasteiger partial charge in [-0.15, -0.1) is 0 Å². The summed E-state index contributed by atoms with van der Waals surface area (Å²) < 4.78 is 5.02. The Bertz CT molecular complexity index is 2610. The molecule has 2 aromatic heterocycles. The molecule has 2 aliphatic heterocycles. The van der Waals surface area contributed by atoms with Crippen LogP contribution in [-0.2, 0) is 23.7 Å². The van der Waals surface area contributed by atoms with Crippen molar-refractivity contribution in [3.8, 4) is 33.6 Å². The Balaban J connectivity index is 1.25. The summed E-state index contributed by atoms with van der Waals surface area (Å²) in [6.45, 7) is 11.7. The summed E-state index contributed by atoms with van der Waals surface area (Å²) in [4.78, 5) is 0. The molecular formula is C47H40N2+2. The van der Waals surface area contributed by atoms with Gasteiger partial charge in [-0.3, -0.25) is 0 Å². The molecule has 2 nitrogen and oxygen atoms in total. The summed E-state index contributed by atoms with van der Waals surface area (Å²) in [6.07, 6.45) is 6.45. The van der Waals surface area contributed by atoms with E-state index in [2.05, 4.69) is 171 Å². The molecule has 0 radical (unpaired) electrons. The second-order valence-electron chi connectivity index (χ2n) is 15.9. The van der Waals surface area contributed by atoms with Crippen LogP contribution in [0.2, 0.25) is 0 Å². The zero-order chi connectivity index (χ0) is 33.2. The van der Waals surface area contributed by atoms with Crippen molar-refractivity contribution in [2.75, 3.05) is 0 Å². The van der Waals surface area contributed by atoms with E-state index in [1.807, 2.05) is 0 Å². The first-order valence-electron chi connectivity index (χ1n) is 17.7. The van der Waals surface area contributed by atoms with Gasteiger partial charge in [-0.05, 0) is 96.7 Å². The van der Waals surface area contributed by atoms with Crippen molar-refractivity contribution in [2.45, 2.75) is 58.3 Å². The molecule has 0 bridgehead atoms. The van der Waals surface area contributed by atoms with Gasteiger partial charge in [0.05, 0.1) is 24.0 Å². The van der Waals surface area contributed by atoms with Crippen molar-refractivity contribution in [2.24, 2.45) is 0 Å². The molecule has 0 N–H and O–H groups in total. The lowest BCUT2D eigenvalue weighted by atomic mass is 9.80. The Labute approximate surface area is 288 Å². The maximum Gasteiger partial charge on any atom is 0.259 e. The largest absolute Gasteiger partial charge is 0.259 e. The minimum atomic E-state index is -0.0370. The third-order valence-electron chi connectivity index (χ3n) is 11.6. The van der Waals surface area contributed by atoms with Gasteiger partial charge < -0.3 is 0 Å². The predicted octanol–water partition coefficient (Wildman–Crippen LogP) is 10.4. The van der Waals surface area contributed by atoms with E-state index < -0.39 is 0 Å². The number of pyridine rings is 2. The van der Waals surface area contributed by atoms with Crippen molar-refractivity contribution in [1.82, 2.24) is 0 Å². The molecular weight excluding hydrogens is 593 g/mol.